The minimum absolute atomic E-state index is 0.234. The minimum Gasteiger partial charge on any atom is -0.410 e. The van der Waals surface area contributed by atoms with Crippen LogP contribution in [0.15, 0.2) is 24.3 Å². The Labute approximate surface area is 91.7 Å². The van der Waals surface area contributed by atoms with Gasteiger partial charge >= 0.3 is 7.12 Å². The predicted molar refractivity (Wildman–Crippen MR) is 64.1 cm³/mol. The minimum atomic E-state index is -0.342. The van der Waals surface area contributed by atoms with Crippen molar-refractivity contribution in [3.63, 3.8) is 0 Å². The van der Waals surface area contributed by atoms with Crippen molar-refractivity contribution in [3.05, 3.63) is 24.3 Å². The third kappa shape index (κ3) is 3.94. The molecule has 0 bridgehead atoms. The number of hydrogen-bond acceptors (Lipinski definition) is 3. The summed E-state index contributed by atoms with van der Waals surface area (Å²) in [6.45, 7) is 5.99. The van der Waals surface area contributed by atoms with Gasteiger partial charge in [-0.1, -0.05) is 12.1 Å². The predicted octanol–water partition coefficient (Wildman–Crippen LogP) is 1.43. The zero-order valence-corrected chi connectivity index (χ0v) is 9.78. The number of nitrogens with two attached hydrogens (primary N) is 1. The number of hydrogen-bond donors (Lipinski definition) is 1. The number of anilines is 1. The molecule has 15 heavy (non-hydrogen) atoms. The van der Waals surface area contributed by atoms with Crippen LogP contribution in [0.2, 0.25) is 0 Å². The molecule has 0 atom stereocenters. The summed E-state index contributed by atoms with van der Waals surface area (Å²) in [7, 11) is 1.29. The maximum atomic E-state index is 5.75. The van der Waals surface area contributed by atoms with Gasteiger partial charge in [-0.3, -0.25) is 0 Å². The lowest BCUT2D eigenvalue weighted by atomic mass is 9.78. The Morgan fingerprint density at radius 1 is 1.13 bits per heavy atom. The fourth-order valence-corrected chi connectivity index (χ4v) is 1.23. The second kappa shape index (κ2) is 4.68. The zero-order chi connectivity index (χ0) is 11.5. The first kappa shape index (κ1) is 12.1. The van der Waals surface area contributed by atoms with Crippen LogP contribution in [0.4, 0.5) is 5.69 Å². The number of nitrogen functional groups attached to an aromatic ring is 1. The molecule has 0 fully saturated rings. The molecule has 0 spiro atoms. The van der Waals surface area contributed by atoms with Gasteiger partial charge in [0, 0.05) is 18.4 Å². The Bertz CT molecular complexity index is 305. The molecule has 1 rings (SSSR count). The third-order valence-electron chi connectivity index (χ3n) is 1.88. The Hall–Kier alpha value is -0.995. The summed E-state index contributed by atoms with van der Waals surface area (Å²) in [5.41, 5.74) is 7.09. The monoisotopic (exact) mass is 207 g/mol. The summed E-state index contributed by atoms with van der Waals surface area (Å²) in [5, 5.41) is 0. The molecular weight excluding hydrogens is 189 g/mol. The van der Waals surface area contributed by atoms with Crippen LogP contribution < -0.4 is 11.2 Å². The first-order valence-corrected chi connectivity index (χ1v) is 4.98. The second-order valence-electron chi connectivity index (χ2n) is 4.46. The lowest BCUT2D eigenvalue weighted by Crippen LogP contribution is -2.41. The molecule has 3 nitrogen and oxygen atoms in total. The van der Waals surface area contributed by atoms with E-state index in [2.05, 4.69) is 0 Å². The van der Waals surface area contributed by atoms with Crippen LogP contribution in [0.5, 0.6) is 0 Å². The van der Waals surface area contributed by atoms with E-state index in [1.54, 1.807) is 7.11 Å². The van der Waals surface area contributed by atoms with Crippen LogP contribution in [-0.4, -0.2) is 19.8 Å². The van der Waals surface area contributed by atoms with Crippen molar-refractivity contribution in [3.8, 4) is 0 Å². The molecule has 0 unspecified atom stereocenters. The molecule has 0 saturated heterocycles. The third-order valence-corrected chi connectivity index (χ3v) is 1.88. The Kier molecular flexibility index (Phi) is 3.77. The van der Waals surface area contributed by atoms with Gasteiger partial charge in [-0.25, -0.2) is 0 Å². The highest BCUT2D eigenvalue weighted by Gasteiger charge is 2.25. The normalized spacial score (nSPS) is 11.5. The van der Waals surface area contributed by atoms with E-state index >= 15 is 0 Å². The van der Waals surface area contributed by atoms with Gasteiger partial charge in [-0.15, -0.1) is 0 Å². The smallest absolute Gasteiger partial charge is 0.410 e. The maximum Gasteiger partial charge on any atom is 0.494 e. The molecule has 0 heterocycles. The molecular formula is C11H18BNO2. The quantitative estimate of drug-likeness (QED) is 0.602. The summed E-state index contributed by atoms with van der Waals surface area (Å²) in [6, 6.07) is 7.51. The van der Waals surface area contributed by atoms with Crippen LogP contribution >= 0.6 is 0 Å². The summed E-state index contributed by atoms with van der Waals surface area (Å²) in [6.07, 6.45) is 0. The molecule has 0 aliphatic carbocycles. The van der Waals surface area contributed by atoms with E-state index in [1.807, 2.05) is 45.0 Å². The molecule has 0 radical (unpaired) electrons. The Morgan fingerprint density at radius 2 is 1.67 bits per heavy atom. The first-order valence-electron chi connectivity index (χ1n) is 4.98. The van der Waals surface area contributed by atoms with E-state index in [1.165, 1.54) is 0 Å². The SMILES string of the molecule is COB(OC(C)(C)C)c1ccc(N)cc1. The standard InChI is InChI=1S/C11H18BNO2/c1-11(2,3)15-12(14-4)9-5-7-10(13)8-6-9/h5-8H,13H2,1-4H3. The van der Waals surface area contributed by atoms with Crippen molar-refractivity contribution in [2.75, 3.05) is 12.8 Å². The van der Waals surface area contributed by atoms with Crippen molar-refractivity contribution < 1.29 is 9.31 Å². The highest BCUT2D eigenvalue weighted by Crippen LogP contribution is 2.10. The topological polar surface area (TPSA) is 44.5 Å². The van der Waals surface area contributed by atoms with Crippen LogP contribution in [0, 0.1) is 0 Å². The van der Waals surface area contributed by atoms with Crippen molar-refractivity contribution in [1.82, 2.24) is 0 Å². The Morgan fingerprint density at radius 3 is 2.07 bits per heavy atom. The van der Waals surface area contributed by atoms with Crippen LogP contribution in [-0.2, 0) is 9.31 Å². The van der Waals surface area contributed by atoms with Gasteiger partial charge in [0.1, 0.15) is 0 Å². The molecule has 1 aromatic carbocycles. The summed E-state index contributed by atoms with van der Waals surface area (Å²) in [5.74, 6) is 0. The van der Waals surface area contributed by atoms with Crippen molar-refractivity contribution in [1.29, 1.82) is 0 Å². The van der Waals surface area contributed by atoms with Crippen molar-refractivity contribution in [2.45, 2.75) is 26.4 Å². The number of benzene rings is 1. The molecule has 0 aliphatic heterocycles. The van der Waals surface area contributed by atoms with E-state index in [9.17, 15) is 0 Å². The van der Waals surface area contributed by atoms with Gasteiger partial charge in [0.15, 0.2) is 0 Å². The van der Waals surface area contributed by atoms with Crippen LogP contribution in [0.1, 0.15) is 20.8 Å². The zero-order valence-electron chi connectivity index (χ0n) is 9.78. The van der Waals surface area contributed by atoms with E-state index < -0.39 is 0 Å². The fraction of sp³-hybridized carbons (Fsp3) is 0.455. The summed E-state index contributed by atoms with van der Waals surface area (Å²) in [4.78, 5) is 0. The average molecular weight is 207 g/mol. The average Bonchev–Trinajstić information content (AvgIpc) is 2.14. The molecule has 2 N–H and O–H groups in total. The fourth-order valence-electron chi connectivity index (χ4n) is 1.23. The lowest BCUT2D eigenvalue weighted by Gasteiger charge is -2.24. The molecule has 1 aromatic rings. The molecule has 0 aromatic heterocycles. The number of rotatable bonds is 3. The van der Waals surface area contributed by atoms with Gasteiger partial charge in [0.05, 0.1) is 0 Å². The second-order valence-corrected chi connectivity index (χ2v) is 4.46. The van der Waals surface area contributed by atoms with Crippen LogP contribution in [0.3, 0.4) is 0 Å². The summed E-state index contributed by atoms with van der Waals surface area (Å²) >= 11 is 0. The van der Waals surface area contributed by atoms with Gasteiger partial charge in [0.25, 0.3) is 0 Å². The van der Waals surface area contributed by atoms with E-state index in [4.69, 9.17) is 15.0 Å². The summed E-state index contributed by atoms with van der Waals surface area (Å²) < 4.78 is 11.0. The van der Waals surface area contributed by atoms with Crippen LogP contribution in [0.25, 0.3) is 0 Å². The van der Waals surface area contributed by atoms with Crippen molar-refractivity contribution >= 4 is 18.3 Å². The molecule has 0 amide bonds. The maximum absolute atomic E-state index is 5.75. The highest BCUT2D eigenvalue weighted by molar-refractivity contribution is 6.61. The van der Waals surface area contributed by atoms with E-state index in [0.717, 1.165) is 11.2 Å². The molecule has 82 valence electrons. The molecule has 4 heteroatoms. The highest BCUT2D eigenvalue weighted by atomic mass is 16.6. The Balaban J connectivity index is 2.79. The van der Waals surface area contributed by atoms with Crippen molar-refractivity contribution in [2.24, 2.45) is 0 Å². The van der Waals surface area contributed by atoms with Gasteiger partial charge in [-0.05, 0) is 38.4 Å². The first-order chi connectivity index (χ1) is 6.92. The van der Waals surface area contributed by atoms with Gasteiger partial charge in [-0.2, -0.15) is 0 Å². The van der Waals surface area contributed by atoms with E-state index in [-0.39, 0.29) is 12.7 Å². The molecule has 0 saturated carbocycles. The molecule has 0 aliphatic rings. The van der Waals surface area contributed by atoms with Gasteiger partial charge < -0.3 is 15.0 Å². The lowest BCUT2D eigenvalue weighted by molar-refractivity contribution is 0.0982. The largest absolute Gasteiger partial charge is 0.494 e. The van der Waals surface area contributed by atoms with Gasteiger partial charge in [0.2, 0.25) is 0 Å². The van der Waals surface area contributed by atoms with E-state index in [0.29, 0.717) is 0 Å².